The fourth-order valence-corrected chi connectivity index (χ4v) is 0.512. The predicted octanol–water partition coefficient (Wildman–Crippen LogP) is 0.710. The van der Waals surface area contributed by atoms with Crippen molar-refractivity contribution in [1.82, 2.24) is 10.6 Å². The highest BCUT2D eigenvalue weighted by molar-refractivity contribution is 6.18. The van der Waals surface area contributed by atoms with Crippen molar-refractivity contribution in [3.63, 3.8) is 0 Å². The standard InChI is InChI=1S/C6H11ClN2O/c1-8-6(10)9-5-3-2-4-7/h2-3H,4-5H2,1H3,(H2,8,9,10)/b3-2+. The quantitative estimate of drug-likeness (QED) is 0.466. The molecule has 3 nitrogen and oxygen atoms in total. The molecule has 4 heteroatoms. The van der Waals surface area contributed by atoms with Gasteiger partial charge in [0.1, 0.15) is 0 Å². The van der Waals surface area contributed by atoms with Crippen LogP contribution < -0.4 is 10.6 Å². The predicted molar refractivity (Wildman–Crippen MR) is 42.3 cm³/mol. The van der Waals surface area contributed by atoms with E-state index in [9.17, 15) is 4.79 Å². The maximum absolute atomic E-state index is 10.5. The van der Waals surface area contributed by atoms with Crippen LogP contribution in [0.2, 0.25) is 0 Å². The van der Waals surface area contributed by atoms with Crippen molar-refractivity contribution < 1.29 is 4.79 Å². The Labute approximate surface area is 65.4 Å². The molecule has 2 N–H and O–H groups in total. The SMILES string of the molecule is CNC(=O)NC/C=C/CCl. The Balaban J connectivity index is 3.19. The van der Waals surface area contributed by atoms with E-state index < -0.39 is 0 Å². The maximum Gasteiger partial charge on any atom is 0.314 e. The monoisotopic (exact) mass is 162 g/mol. The number of amides is 2. The van der Waals surface area contributed by atoms with Crippen LogP contribution in [0.4, 0.5) is 4.79 Å². The van der Waals surface area contributed by atoms with Crippen LogP contribution in [0.1, 0.15) is 0 Å². The first kappa shape index (κ1) is 9.30. The molecule has 10 heavy (non-hydrogen) atoms. The highest BCUT2D eigenvalue weighted by atomic mass is 35.5. The number of urea groups is 1. The Hall–Kier alpha value is -0.700. The molecule has 0 saturated carbocycles. The number of hydrogen-bond donors (Lipinski definition) is 2. The zero-order chi connectivity index (χ0) is 7.82. The van der Waals surface area contributed by atoms with E-state index in [0.717, 1.165) is 0 Å². The van der Waals surface area contributed by atoms with Crippen LogP contribution in [-0.4, -0.2) is 25.5 Å². The number of hydrogen-bond acceptors (Lipinski definition) is 1. The third kappa shape index (κ3) is 5.44. The van der Waals surface area contributed by atoms with Gasteiger partial charge in [-0.05, 0) is 0 Å². The average Bonchev–Trinajstić information content (AvgIpc) is 1.98. The second-order valence-electron chi connectivity index (χ2n) is 1.59. The van der Waals surface area contributed by atoms with E-state index in [0.29, 0.717) is 12.4 Å². The molecule has 0 spiro atoms. The van der Waals surface area contributed by atoms with E-state index >= 15 is 0 Å². The molecule has 0 aromatic heterocycles. The van der Waals surface area contributed by atoms with Crippen LogP contribution in [0, 0.1) is 0 Å². The molecule has 2 amide bonds. The summed E-state index contributed by atoms with van der Waals surface area (Å²) in [5.41, 5.74) is 0. The number of carbonyl (C=O) groups is 1. The van der Waals surface area contributed by atoms with Gasteiger partial charge in [0.25, 0.3) is 0 Å². The van der Waals surface area contributed by atoms with Crippen LogP contribution in [0.3, 0.4) is 0 Å². The van der Waals surface area contributed by atoms with Gasteiger partial charge in [0.2, 0.25) is 0 Å². The van der Waals surface area contributed by atoms with Gasteiger partial charge < -0.3 is 10.6 Å². The average molecular weight is 163 g/mol. The topological polar surface area (TPSA) is 41.1 Å². The van der Waals surface area contributed by atoms with Crippen molar-refractivity contribution in [3.8, 4) is 0 Å². The highest BCUT2D eigenvalue weighted by Crippen LogP contribution is 1.75. The second-order valence-corrected chi connectivity index (χ2v) is 1.89. The van der Waals surface area contributed by atoms with Crippen LogP contribution >= 0.6 is 11.6 Å². The van der Waals surface area contributed by atoms with E-state index in [1.807, 2.05) is 0 Å². The Morgan fingerprint density at radius 1 is 1.60 bits per heavy atom. The third-order valence-corrected chi connectivity index (χ3v) is 1.04. The molecule has 0 aliphatic rings. The molecule has 0 radical (unpaired) electrons. The third-order valence-electron chi connectivity index (χ3n) is 0.863. The first-order chi connectivity index (χ1) is 4.81. The second kappa shape index (κ2) is 6.42. The fourth-order valence-electron chi connectivity index (χ4n) is 0.386. The highest BCUT2D eigenvalue weighted by Gasteiger charge is 1.88. The van der Waals surface area contributed by atoms with E-state index in [-0.39, 0.29) is 6.03 Å². The fraction of sp³-hybridized carbons (Fsp3) is 0.500. The van der Waals surface area contributed by atoms with Gasteiger partial charge in [-0.2, -0.15) is 0 Å². The van der Waals surface area contributed by atoms with Crippen LogP contribution in [0.5, 0.6) is 0 Å². The molecular weight excluding hydrogens is 152 g/mol. The maximum atomic E-state index is 10.5. The van der Waals surface area contributed by atoms with Crippen molar-refractivity contribution in [1.29, 1.82) is 0 Å². The molecule has 0 aliphatic heterocycles. The van der Waals surface area contributed by atoms with Crippen LogP contribution in [-0.2, 0) is 0 Å². The zero-order valence-electron chi connectivity index (χ0n) is 5.86. The number of carbonyl (C=O) groups excluding carboxylic acids is 1. The van der Waals surface area contributed by atoms with Crippen molar-refractivity contribution in [2.24, 2.45) is 0 Å². The summed E-state index contributed by atoms with van der Waals surface area (Å²) in [5, 5.41) is 5.00. The molecule has 0 atom stereocenters. The zero-order valence-corrected chi connectivity index (χ0v) is 6.61. The summed E-state index contributed by atoms with van der Waals surface area (Å²) in [6, 6.07) is -0.181. The van der Waals surface area contributed by atoms with Gasteiger partial charge in [0, 0.05) is 19.5 Å². The lowest BCUT2D eigenvalue weighted by molar-refractivity contribution is 0.244. The van der Waals surface area contributed by atoms with Crippen molar-refractivity contribution >= 4 is 17.6 Å². The lowest BCUT2D eigenvalue weighted by atomic mass is 10.5. The summed E-state index contributed by atoms with van der Waals surface area (Å²) in [6.07, 6.45) is 3.57. The first-order valence-corrected chi connectivity index (χ1v) is 3.51. The van der Waals surface area contributed by atoms with Crippen molar-refractivity contribution in [2.45, 2.75) is 0 Å². The van der Waals surface area contributed by atoms with Gasteiger partial charge in [-0.3, -0.25) is 0 Å². The number of nitrogens with one attached hydrogen (secondary N) is 2. The minimum atomic E-state index is -0.181. The first-order valence-electron chi connectivity index (χ1n) is 2.97. The van der Waals surface area contributed by atoms with Gasteiger partial charge in [-0.1, -0.05) is 12.2 Å². The molecule has 0 unspecified atom stereocenters. The van der Waals surface area contributed by atoms with Gasteiger partial charge >= 0.3 is 6.03 Å². The van der Waals surface area contributed by atoms with Crippen molar-refractivity contribution in [3.05, 3.63) is 12.2 Å². The molecule has 0 saturated heterocycles. The van der Waals surface area contributed by atoms with E-state index in [1.165, 1.54) is 0 Å². The lowest BCUT2D eigenvalue weighted by Gasteiger charge is -1.97. The summed E-state index contributed by atoms with van der Waals surface area (Å²) in [4.78, 5) is 10.5. The Morgan fingerprint density at radius 3 is 2.80 bits per heavy atom. The Bertz CT molecular complexity index is 125. The minimum Gasteiger partial charge on any atom is -0.341 e. The van der Waals surface area contributed by atoms with E-state index in [4.69, 9.17) is 11.6 Å². The lowest BCUT2D eigenvalue weighted by Crippen LogP contribution is -2.32. The largest absolute Gasteiger partial charge is 0.341 e. The van der Waals surface area contributed by atoms with Gasteiger partial charge in [-0.15, -0.1) is 11.6 Å². The molecule has 0 aliphatic carbocycles. The molecule has 0 rings (SSSR count). The number of allylic oxidation sites excluding steroid dienone is 1. The van der Waals surface area contributed by atoms with E-state index in [1.54, 1.807) is 19.2 Å². The molecule has 0 heterocycles. The van der Waals surface area contributed by atoms with Gasteiger partial charge in [0.05, 0.1) is 0 Å². The van der Waals surface area contributed by atoms with Crippen molar-refractivity contribution in [2.75, 3.05) is 19.5 Å². The number of rotatable bonds is 3. The van der Waals surface area contributed by atoms with Gasteiger partial charge in [0.15, 0.2) is 0 Å². The summed E-state index contributed by atoms with van der Waals surface area (Å²) in [5.74, 6) is 0.482. The molecule has 0 aromatic carbocycles. The Morgan fingerprint density at radius 2 is 2.30 bits per heavy atom. The van der Waals surface area contributed by atoms with Crippen LogP contribution in [0.25, 0.3) is 0 Å². The molecule has 0 aromatic rings. The summed E-state index contributed by atoms with van der Waals surface area (Å²) in [6.45, 7) is 0.520. The molecular formula is C6H11ClN2O. The van der Waals surface area contributed by atoms with Gasteiger partial charge in [-0.25, -0.2) is 4.79 Å². The molecule has 58 valence electrons. The summed E-state index contributed by atoms with van der Waals surface area (Å²) < 4.78 is 0. The minimum absolute atomic E-state index is 0.181. The smallest absolute Gasteiger partial charge is 0.314 e. The summed E-state index contributed by atoms with van der Waals surface area (Å²) >= 11 is 5.34. The molecule has 0 fully saturated rings. The van der Waals surface area contributed by atoms with Crippen LogP contribution in [0.15, 0.2) is 12.2 Å². The Kier molecular flexibility index (Phi) is 5.97. The number of halogens is 1. The van der Waals surface area contributed by atoms with E-state index in [2.05, 4.69) is 10.6 Å². The molecule has 0 bridgehead atoms. The number of alkyl halides is 1. The normalized spacial score (nSPS) is 9.80. The summed E-state index contributed by atoms with van der Waals surface area (Å²) in [7, 11) is 1.57.